The second-order valence-electron chi connectivity index (χ2n) is 17.6. The molecule has 0 aliphatic carbocycles. The van der Waals surface area contributed by atoms with Gasteiger partial charge in [-0.05, 0) is 88.1 Å². The molecule has 3 N–H and O–H groups in total. The van der Waals surface area contributed by atoms with Crippen LogP contribution in [0, 0.1) is 12.8 Å². The Morgan fingerprint density at radius 3 is 2.04 bits per heavy atom. The molecule has 5 aromatic carbocycles. The number of allylic oxidation sites excluding steroid dienone is 1. The lowest BCUT2D eigenvalue weighted by Crippen LogP contribution is -2.55. The molecule has 0 bridgehead atoms. The van der Waals surface area contributed by atoms with Gasteiger partial charge in [0.15, 0.2) is 6.61 Å². The van der Waals surface area contributed by atoms with Gasteiger partial charge in [-0.1, -0.05) is 130 Å². The Bertz CT molecular complexity index is 2690. The minimum atomic E-state index is -0.949. The first-order valence-corrected chi connectivity index (χ1v) is 24.3. The van der Waals surface area contributed by atoms with E-state index in [1.807, 2.05) is 61.0 Å². The van der Waals surface area contributed by atoms with Gasteiger partial charge in [-0.15, -0.1) is 11.3 Å². The number of thiazole rings is 1. The second kappa shape index (κ2) is 23.8. The number of likely N-dealkylation sites (N-methyl/N-ethyl adjacent to an activating group) is 1. The van der Waals surface area contributed by atoms with Crippen molar-refractivity contribution in [3.8, 4) is 21.9 Å². The molecule has 4 amide bonds. The number of amides is 4. The van der Waals surface area contributed by atoms with E-state index in [0.29, 0.717) is 18.9 Å². The van der Waals surface area contributed by atoms with E-state index >= 15 is 0 Å². The van der Waals surface area contributed by atoms with E-state index in [1.165, 1.54) is 21.6 Å². The number of aliphatic hydroxyl groups is 1. The number of rotatable bonds is 20. The van der Waals surface area contributed by atoms with Crippen molar-refractivity contribution in [3.05, 3.63) is 172 Å². The van der Waals surface area contributed by atoms with Crippen LogP contribution in [0.25, 0.3) is 21.6 Å². The van der Waals surface area contributed by atoms with Gasteiger partial charge in [0.05, 0.1) is 35.2 Å². The average Bonchev–Trinajstić information content (AvgIpc) is 3.99. The summed E-state index contributed by atoms with van der Waals surface area (Å²) < 4.78 is 11.8. The Balaban J connectivity index is 0.851. The maximum absolute atomic E-state index is 13.9. The molecule has 69 heavy (non-hydrogen) atoms. The normalized spacial score (nSPS) is 15.3. The van der Waals surface area contributed by atoms with Gasteiger partial charge in [0.2, 0.25) is 17.7 Å². The molecule has 1 aromatic heterocycles. The lowest BCUT2D eigenvalue weighted by Gasteiger charge is -2.30. The fourth-order valence-corrected chi connectivity index (χ4v) is 9.27. The van der Waals surface area contributed by atoms with Crippen molar-refractivity contribution in [2.75, 3.05) is 33.4 Å². The summed E-state index contributed by atoms with van der Waals surface area (Å²) in [6.45, 7) is 8.36. The number of hydrogen-bond donors (Lipinski definition) is 3. The zero-order valence-electron chi connectivity index (χ0n) is 39.9. The van der Waals surface area contributed by atoms with E-state index in [0.717, 1.165) is 50.6 Å². The second-order valence-corrected chi connectivity index (χ2v) is 18.5. The Morgan fingerprint density at radius 1 is 0.812 bits per heavy atom. The molecule has 1 aliphatic rings. The Hall–Kier alpha value is -7.09. The van der Waals surface area contributed by atoms with Gasteiger partial charge in [0.25, 0.3) is 5.91 Å². The first-order chi connectivity index (χ1) is 33.4. The van der Waals surface area contributed by atoms with Crippen molar-refractivity contribution in [2.24, 2.45) is 5.92 Å². The largest absolute Gasteiger partial charge is 0.492 e. The van der Waals surface area contributed by atoms with E-state index in [1.54, 1.807) is 61.4 Å². The summed E-state index contributed by atoms with van der Waals surface area (Å²) in [7, 11) is 1.75. The topological polar surface area (TPSA) is 150 Å². The fourth-order valence-electron chi connectivity index (χ4n) is 8.46. The van der Waals surface area contributed by atoms with Gasteiger partial charge in [-0.25, -0.2) is 4.98 Å². The summed E-state index contributed by atoms with van der Waals surface area (Å²) in [5, 5.41) is 16.3. The number of carbonyl (C=O) groups excluding carboxylic acids is 4. The molecule has 0 spiro atoms. The average molecular weight is 948 g/mol. The van der Waals surface area contributed by atoms with Gasteiger partial charge in [0, 0.05) is 26.6 Å². The maximum Gasteiger partial charge on any atom is 0.258 e. The van der Waals surface area contributed by atoms with Gasteiger partial charge in [-0.3, -0.25) is 19.2 Å². The number of hydrogen-bond acceptors (Lipinski definition) is 9. The van der Waals surface area contributed by atoms with Crippen LogP contribution in [0.3, 0.4) is 0 Å². The summed E-state index contributed by atoms with van der Waals surface area (Å²) in [6, 6.07) is 42.0. The molecule has 0 radical (unpaired) electrons. The number of aryl methyl sites for hydroxylation is 1. The quantitative estimate of drug-likeness (QED) is 0.0647. The van der Waals surface area contributed by atoms with Crippen LogP contribution >= 0.6 is 11.3 Å². The third-order valence-corrected chi connectivity index (χ3v) is 13.3. The molecule has 7 rings (SSSR count). The first kappa shape index (κ1) is 49.8. The Labute approximate surface area is 409 Å². The van der Waals surface area contributed by atoms with Crippen molar-refractivity contribution in [1.29, 1.82) is 0 Å². The zero-order chi connectivity index (χ0) is 48.9. The number of benzene rings is 5. The van der Waals surface area contributed by atoms with Gasteiger partial charge < -0.3 is 35.0 Å². The summed E-state index contributed by atoms with van der Waals surface area (Å²) in [6.07, 6.45) is 0.262. The predicted molar refractivity (Wildman–Crippen MR) is 271 cm³/mol. The lowest BCUT2D eigenvalue weighted by atomic mass is 9.88. The van der Waals surface area contributed by atoms with Crippen LogP contribution in [0.5, 0.6) is 11.5 Å². The molecule has 6 aromatic rings. The molecule has 358 valence electrons. The molecule has 12 nitrogen and oxygen atoms in total. The molecular formula is C56H61N5O7S. The Morgan fingerprint density at radius 2 is 1.42 bits per heavy atom. The van der Waals surface area contributed by atoms with Crippen LogP contribution < -0.4 is 20.1 Å². The highest BCUT2D eigenvalue weighted by atomic mass is 32.1. The van der Waals surface area contributed by atoms with Crippen molar-refractivity contribution in [2.45, 2.75) is 71.7 Å². The zero-order valence-corrected chi connectivity index (χ0v) is 40.7. The summed E-state index contributed by atoms with van der Waals surface area (Å²) >= 11 is 1.57. The molecule has 3 atom stereocenters. The standard InChI is InChI=1S/C56H61N5O7S/c1-6-48(41-13-9-7-10-14-41)52(42-15-11-8-12-16-42)43-23-27-46(28-24-43)67-30-29-60(5)51(64)31-39-19-25-47(26-20-39)68-35-50(63)59-53(37(2)3)56(66)61-34-45(62)32-49(61)55(65)57-33-40-17-21-44(22-18-40)54-38(4)58-36-69-54/h7-28,36-37,45,49,53,62H,6,29-35H2,1-5H3,(H,57,65)(H,59,63)/b52-48-/t45-,49+,53+/m1/s1. The summed E-state index contributed by atoms with van der Waals surface area (Å²) in [4.78, 5) is 62.0. The first-order valence-electron chi connectivity index (χ1n) is 23.5. The number of likely N-dealkylation sites (tertiary alicyclic amines) is 1. The molecule has 1 fully saturated rings. The van der Waals surface area contributed by atoms with Gasteiger partial charge in [-0.2, -0.15) is 0 Å². The van der Waals surface area contributed by atoms with E-state index in [4.69, 9.17) is 9.47 Å². The minimum absolute atomic E-state index is 0.0209. The smallest absolute Gasteiger partial charge is 0.258 e. The molecule has 1 aliphatic heterocycles. The van der Waals surface area contributed by atoms with Crippen LogP contribution in [0.1, 0.15) is 67.1 Å². The highest BCUT2D eigenvalue weighted by molar-refractivity contribution is 7.13. The van der Waals surface area contributed by atoms with Crippen LogP contribution in [-0.4, -0.2) is 95.1 Å². The number of aliphatic hydroxyl groups excluding tert-OH is 1. The van der Waals surface area contributed by atoms with Gasteiger partial charge >= 0.3 is 0 Å². The number of nitrogens with zero attached hydrogens (tertiary/aromatic N) is 3. The molecule has 0 unspecified atom stereocenters. The minimum Gasteiger partial charge on any atom is -0.492 e. The van der Waals surface area contributed by atoms with Crippen molar-refractivity contribution in [1.82, 2.24) is 25.4 Å². The van der Waals surface area contributed by atoms with Crippen LogP contribution in [0.15, 0.2) is 139 Å². The third-order valence-electron chi connectivity index (χ3n) is 12.3. The molecule has 1 saturated heterocycles. The predicted octanol–water partition coefficient (Wildman–Crippen LogP) is 8.37. The number of aromatic nitrogens is 1. The molecule has 2 heterocycles. The van der Waals surface area contributed by atoms with Crippen LogP contribution in [-0.2, 0) is 32.1 Å². The highest BCUT2D eigenvalue weighted by Crippen LogP contribution is 2.35. The fraction of sp³-hybridized carbons (Fsp3) is 0.304. The van der Waals surface area contributed by atoms with E-state index in [-0.39, 0.29) is 50.3 Å². The number of β-amino-alcohol motifs (C(OH)–C–C–N with tert-alkyl or cyclic N) is 1. The Kier molecular flexibility index (Phi) is 17.2. The van der Waals surface area contributed by atoms with E-state index in [2.05, 4.69) is 83.2 Å². The monoisotopic (exact) mass is 947 g/mol. The number of nitrogens with one attached hydrogen (secondary N) is 2. The highest BCUT2D eigenvalue weighted by Gasteiger charge is 2.42. The van der Waals surface area contributed by atoms with Crippen LogP contribution in [0.2, 0.25) is 0 Å². The van der Waals surface area contributed by atoms with Crippen molar-refractivity contribution in [3.63, 3.8) is 0 Å². The van der Waals surface area contributed by atoms with Crippen molar-refractivity contribution >= 4 is 46.1 Å². The molecular weight excluding hydrogens is 887 g/mol. The van der Waals surface area contributed by atoms with Crippen molar-refractivity contribution < 1.29 is 33.8 Å². The number of ether oxygens (including phenoxy) is 2. The van der Waals surface area contributed by atoms with E-state index in [9.17, 15) is 24.3 Å². The summed E-state index contributed by atoms with van der Waals surface area (Å²) in [5.74, 6) is -0.582. The van der Waals surface area contributed by atoms with E-state index < -0.39 is 30.0 Å². The number of carbonyl (C=O) groups is 4. The maximum atomic E-state index is 13.9. The third kappa shape index (κ3) is 13.1. The lowest BCUT2D eigenvalue weighted by molar-refractivity contribution is -0.142. The molecule has 0 saturated carbocycles. The summed E-state index contributed by atoms with van der Waals surface area (Å²) in [5.41, 5.74) is 11.4. The SMILES string of the molecule is CC/C(=C(\c1ccccc1)c1ccc(OCCN(C)C(=O)Cc2ccc(OCC(=O)N[C@H](C(=O)N3C[C@H](O)C[C@H]3C(=O)NCc3ccc(-c4scnc4C)cc3)C(C)C)cc2)cc1)c1ccccc1. The van der Waals surface area contributed by atoms with Crippen LogP contribution in [0.4, 0.5) is 0 Å². The van der Waals surface area contributed by atoms with Gasteiger partial charge in [0.1, 0.15) is 30.2 Å². The molecule has 13 heteroatoms.